The van der Waals surface area contributed by atoms with Crippen LogP contribution >= 0.6 is 0 Å². The Labute approximate surface area is 330 Å². The number of nitrogens with two attached hydrogens (primary N) is 2. The molecule has 1 saturated heterocycles. The number of methoxy groups -OCH3 is 1. The fourth-order valence-corrected chi connectivity index (χ4v) is 7.62. The molecule has 4 aliphatic heterocycles. The molecule has 0 radical (unpaired) electrons. The number of phenols is 1. The lowest BCUT2D eigenvalue weighted by Crippen LogP contribution is -2.52. The van der Waals surface area contributed by atoms with Crippen molar-refractivity contribution in [3.63, 3.8) is 0 Å². The van der Waals surface area contributed by atoms with Gasteiger partial charge in [-0.15, -0.1) is 0 Å². The molecule has 5 bridgehead atoms. The molecular formula is C40H53N5O12. The third-order valence-corrected chi connectivity index (χ3v) is 11.1. The minimum atomic E-state index is -2.09. The predicted molar refractivity (Wildman–Crippen MR) is 205 cm³/mol. The van der Waals surface area contributed by atoms with Gasteiger partial charge in [0.05, 0.1) is 47.3 Å². The summed E-state index contributed by atoms with van der Waals surface area (Å²) < 4.78 is 23.0. The Bertz CT molecular complexity index is 1940. The summed E-state index contributed by atoms with van der Waals surface area (Å²) in [4.78, 5) is 71.0. The van der Waals surface area contributed by atoms with Gasteiger partial charge in [0.25, 0.3) is 11.7 Å². The highest BCUT2D eigenvalue weighted by Gasteiger charge is 2.53. The van der Waals surface area contributed by atoms with E-state index in [0.29, 0.717) is 13.0 Å². The van der Waals surface area contributed by atoms with Gasteiger partial charge < -0.3 is 61.3 Å². The minimum absolute atomic E-state index is 0.0131. The van der Waals surface area contributed by atoms with E-state index in [1.807, 2.05) is 0 Å². The van der Waals surface area contributed by atoms with Crippen LogP contribution in [0.25, 0.3) is 0 Å². The van der Waals surface area contributed by atoms with Crippen LogP contribution in [0.3, 0.4) is 0 Å². The molecule has 1 unspecified atom stereocenters. The summed E-state index contributed by atoms with van der Waals surface area (Å²) in [5.74, 6) is -8.16. The lowest BCUT2D eigenvalue weighted by atomic mass is 9.82. The Balaban J connectivity index is 1.65. The van der Waals surface area contributed by atoms with Gasteiger partial charge in [-0.25, -0.2) is 0 Å². The van der Waals surface area contributed by atoms with Crippen molar-refractivity contribution in [1.29, 1.82) is 0 Å². The number of ether oxygens (including phenoxy) is 4. The molecule has 1 fully saturated rings. The van der Waals surface area contributed by atoms with Gasteiger partial charge in [-0.3, -0.25) is 24.0 Å². The number of fused-ring (bicyclic) bond motifs is 14. The van der Waals surface area contributed by atoms with E-state index < -0.39 is 88.6 Å². The average molecular weight is 796 g/mol. The van der Waals surface area contributed by atoms with E-state index >= 15 is 0 Å². The van der Waals surface area contributed by atoms with Crippen molar-refractivity contribution in [1.82, 2.24) is 15.5 Å². The monoisotopic (exact) mass is 795 g/mol. The number of likely N-dealkylation sites (tertiary alicyclic amines) is 1. The van der Waals surface area contributed by atoms with Crippen molar-refractivity contribution in [2.24, 2.45) is 23.3 Å². The predicted octanol–water partition coefficient (Wildman–Crippen LogP) is 0.983. The van der Waals surface area contributed by atoms with E-state index in [1.165, 1.54) is 53.0 Å². The average Bonchev–Trinajstić information content (AvgIpc) is 3.73. The number of nitrogens with one attached hydrogen (secondary N) is 2. The SMILES string of the molecule is CO[C@H]1/C=C/O[C@@]2(C)Oc3c(C)c(O)c4c(c3C2=O)C(=O)C(N2CCC(NCN)C2)=C(NC(=O)/C(C)=C\C=C\[C@H](C)[C@H](O)[C@@H](C)[C@@H](O)[C@@H](N)[C@H](OC(C)=O)C1)C4=O. The van der Waals surface area contributed by atoms with Gasteiger partial charge in [0, 0.05) is 76.2 Å². The maximum absolute atomic E-state index is 14.7. The molecule has 9 atom stereocenters. The highest BCUT2D eigenvalue weighted by molar-refractivity contribution is 6.32. The number of amides is 1. The van der Waals surface area contributed by atoms with Crippen LogP contribution in [-0.2, 0) is 23.8 Å². The molecule has 17 nitrogen and oxygen atoms in total. The van der Waals surface area contributed by atoms with E-state index in [9.17, 15) is 39.3 Å². The number of rotatable bonds is 5. The number of aromatic hydroxyl groups is 1. The van der Waals surface area contributed by atoms with Crippen molar-refractivity contribution in [2.45, 2.75) is 96.7 Å². The standard InChI is InChI=1S/C40H53N5O12/c1-18-9-8-10-19(2)39(53)44-30-31(45-13-11-23(16-45)43-17-41)36(51)26-27(35(30)50)33(48)21(4)37-28(26)38(52)40(6,57-37)55-14-12-24(54-7)15-25(56-22(5)46)29(42)34(49)20(3)32(18)47/h8-10,12,14,18,20,23-25,29,32,34,43,47-49H,11,13,15-17,41-42H2,1-7H3,(H,44,53)/b9-8+,14-12+,19-10-/t18-,20+,23?,24-,25+,29-,32-,34+,40-/m0/s1. The second-order valence-corrected chi connectivity index (χ2v) is 15.1. The molecule has 17 heteroatoms. The van der Waals surface area contributed by atoms with Crippen LogP contribution in [0, 0.1) is 18.8 Å². The summed E-state index contributed by atoms with van der Waals surface area (Å²) >= 11 is 0. The van der Waals surface area contributed by atoms with Gasteiger partial charge in [-0.1, -0.05) is 32.1 Å². The first-order valence-corrected chi connectivity index (χ1v) is 18.8. The first-order valence-electron chi connectivity index (χ1n) is 18.8. The minimum Gasteiger partial charge on any atom is -0.507 e. The van der Waals surface area contributed by atoms with E-state index in [4.69, 9.17) is 30.4 Å². The maximum Gasteiger partial charge on any atom is 0.312 e. The lowest BCUT2D eigenvalue weighted by Gasteiger charge is -2.34. The number of aliphatic hydroxyl groups excluding tert-OH is 2. The number of aliphatic hydroxyl groups is 2. The van der Waals surface area contributed by atoms with Crippen LogP contribution in [0.2, 0.25) is 0 Å². The third kappa shape index (κ3) is 8.40. The summed E-state index contributed by atoms with van der Waals surface area (Å²) in [7, 11) is 1.37. The molecule has 6 rings (SSSR count). The van der Waals surface area contributed by atoms with E-state index in [1.54, 1.807) is 24.8 Å². The number of hydrogen-bond acceptors (Lipinski definition) is 16. The van der Waals surface area contributed by atoms with Crippen molar-refractivity contribution < 1.29 is 58.2 Å². The second kappa shape index (κ2) is 17.3. The number of allylic oxidation sites excluding steroid dienone is 4. The smallest absolute Gasteiger partial charge is 0.312 e. The number of phenolic OH excluding ortho intramolecular Hbond substituents is 1. The number of carbonyl (C=O) groups is 5. The van der Waals surface area contributed by atoms with Crippen molar-refractivity contribution in [3.05, 3.63) is 69.8 Å². The molecule has 1 aromatic carbocycles. The lowest BCUT2D eigenvalue weighted by molar-refractivity contribution is -0.151. The molecule has 1 aliphatic carbocycles. The molecule has 0 spiro atoms. The van der Waals surface area contributed by atoms with Gasteiger partial charge >= 0.3 is 11.8 Å². The van der Waals surface area contributed by atoms with Gasteiger partial charge in [0.2, 0.25) is 11.6 Å². The number of Topliss-reactive ketones (excluding diaryl/α,β-unsaturated/α-hetero) is 3. The van der Waals surface area contributed by atoms with Crippen LogP contribution < -0.4 is 26.8 Å². The van der Waals surface area contributed by atoms with Crippen molar-refractivity contribution in [3.8, 4) is 11.5 Å². The Kier molecular flexibility index (Phi) is 13.1. The fraction of sp³-hybridized carbons (Fsp3) is 0.525. The molecule has 5 aliphatic rings. The molecule has 1 amide bonds. The summed E-state index contributed by atoms with van der Waals surface area (Å²) in [5.41, 5.74) is 10.6. The summed E-state index contributed by atoms with van der Waals surface area (Å²) in [6, 6.07) is -1.33. The van der Waals surface area contributed by atoms with Gasteiger partial charge in [0.1, 0.15) is 29.0 Å². The quantitative estimate of drug-likeness (QED) is 0.162. The normalized spacial score (nSPS) is 33.3. The van der Waals surface area contributed by atoms with Crippen molar-refractivity contribution in [2.75, 3.05) is 26.9 Å². The van der Waals surface area contributed by atoms with Crippen molar-refractivity contribution >= 4 is 29.2 Å². The van der Waals surface area contributed by atoms with Crippen LogP contribution in [0.15, 0.2) is 47.5 Å². The van der Waals surface area contributed by atoms with Crippen LogP contribution in [0.1, 0.15) is 84.1 Å². The van der Waals surface area contributed by atoms with E-state index in [2.05, 4.69) is 10.6 Å². The zero-order valence-corrected chi connectivity index (χ0v) is 33.2. The number of nitrogens with zero attached hydrogens (tertiary/aromatic N) is 1. The third-order valence-electron chi connectivity index (χ3n) is 11.1. The van der Waals surface area contributed by atoms with E-state index in [-0.39, 0.29) is 65.1 Å². The zero-order valence-electron chi connectivity index (χ0n) is 33.2. The highest BCUT2D eigenvalue weighted by Crippen LogP contribution is 2.49. The fourth-order valence-electron chi connectivity index (χ4n) is 7.62. The Hall–Kier alpha value is -4.91. The molecular weight excluding hydrogens is 742 g/mol. The van der Waals surface area contributed by atoms with Gasteiger partial charge in [0.15, 0.2) is 0 Å². The number of benzene rings is 1. The second-order valence-electron chi connectivity index (χ2n) is 15.1. The first kappa shape index (κ1) is 43.2. The summed E-state index contributed by atoms with van der Waals surface area (Å²) in [6.07, 6.45) is 3.16. The largest absolute Gasteiger partial charge is 0.507 e. The molecule has 4 heterocycles. The highest BCUT2D eigenvalue weighted by atomic mass is 16.7. The Morgan fingerprint density at radius 3 is 2.44 bits per heavy atom. The molecule has 1 aromatic rings. The van der Waals surface area contributed by atoms with E-state index in [0.717, 1.165) is 6.26 Å². The Morgan fingerprint density at radius 2 is 1.79 bits per heavy atom. The topological polar surface area (TPSA) is 262 Å². The number of hydrogen-bond donors (Lipinski definition) is 7. The Morgan fingerprint density at radius 1 is 1.09 bits per heavy atom. The van der Waals surface area contributed by atoms with Crippen LogP contribution in [0.5, 0.6) is 11.5 Å². The molecule has 0 saturated carbocycles. The number of carbonyl (C=O) groups excluding carboxylic acids is 5. The van der Waals surface area contributed by atoms with Crippen LogP contribution in [-0.4, -0.2) is 119 Å². The van der Waals surface area contributed by atoms with Gasteiger partial charge in [-0.05, 0) is 26.3 Å². The first-order chi connectivity index (χ1) is 26.9. The van der Waals surface area contributed by atoms with Crippen LogP contribution in [0.4, 0.5) is 0 Å². The molecule has 57 heavy (non-hydrogen) atoms. The number of esters is 1. The molecule has 0 aromatic heterocycles. The zero-order chi connectivity index (χ0) is 42.1. The maximum atomic E-state index is 14.7. The number of ketones is 3. The summed E-state index contributed by atoms with van der Waals surface area (Å²) in [5, 5.41) is 39.7. The summed E-state index contributed by atoms with van der Waals surface area (Å²) in [6.45, 7) is 9.39. The van der Waals surface area contributed by atoms with Gasteiger partial charge in [-0.2, -0.15) is 0 Å². The molecule has 9 N–H and O–H groups in total. The molecule has 310 valence electrons.